The Hall–Kier alpha value is -0.550. The third-order valence-corrected chi connectivity index (χ3v) is 3.10. The van der Waals surface area contributed by atoms with Crippen LogP contribution in [0.2, 0.25) is 0 Å². The Bertz CT molecular complexity index is 373. The van der Waals surface area contributed by atoms with Crippen LogP contribution in [0.25, 0.3) is 0 Å². The van der Waals surface area contributed by atoms with Crippen LogP contribution in [0, 0.1) is 5.82 Å². The van der Waals surface area contributed by atoms with E-state index in [9.17, 15) is 13.2 Å². The van der Waals surface area contributed by atoms with Crippen molar-refractivity contribution in [3.05, 3.63) is 34.1 Å². The van der Waals surface area contributed by atoms with Crippen molar-refractivity contribution in [2.75, 3.05) is 0 Å². The summed E-state index contributed by atoms with van der Waals surface area (Å²) in [5.74, 6) is -3.70. The summed E-state index contributed by atoms with van der Waals surface area (Å²) in [6.07, 6.45) is -0.500. The fraction of sp³-hybridized carbons (Fsp3) is 0.333. The van der Waals surface area contributed by atoms with Crippen LogP contribution in [0.4, 0.5) is 13.2 Å². The van der Waals surface area contributed by atoms with Crippen LogP contribution < -0.4 is 5.73 Å². The summed E-state index contributed by atoms with van der Waals surface area (Å²) in [4.78, 5) is 0. The Kier molecular flexibility index (Phi) is 1.95. The first-order chi connectivity index (χ1) is 6.38. The molecule has 76 valence electrons. The van der Waals surface area contributed by atoms with E-state index in [0.717, 1.165) is 6.07 Å². The predicted octanol–water partition coefficient (Wildman–Crippen LogP) is 2.78. The fourth-order valence-electron chi connectivity index (χ4n) is 1.50. The van der Waals surface area contributed by atoms with Gasteiger partial charge in [0.25, 0.3) is 5.92 Å². The van der Waals surface area contributed by atoms with Crippen LogP contribution >= 0.6 is 15.9 Å². The minimum absolute atomic E-state index is 0.134. The van der Waals surface area contributed by atoms with Crippen molar-refractivity contribution in [2.45, 2.75) is 17.9 Å². The van der Waals surface area contributed by atoms with Crippen molar-refractivity contribution in [3.63, 3.8) is 0 Å². The Balaban J connectivity index is 2.54. The van der Waals surface area contributed by atoms with E-state index in [1.807, 2.05) is 0 Å². The van der Waals surface area contributed by atoms with Crippen molar-refractivity contribution >= 4 is 15.9 Å². The molecule has 2 rings (SSSR count). The molecule has 0 spiro atoms. The molecular weight excluding hydrogens is 259 g/mol. The largest absolute Gasteiger partial charge is 0.316 e. The lowest BCUT2D eigenvalue weighted by molar-refractivity contribution is 0.0880. The molecule has 0 aromatic heterocycles. The molecule has 1 atom stereocenters. The van der Waals surface area contributed by atoms with Crippen LogP contribution in [0.3, 0.4) is 0 Å². The zero-order valence-electron chi connectivity index (χ0n) is 7.03. The van der Waals surface area contributed by atoms with E-state index >= 15 is 0 Å². The molecule has 0 heterocycles. The Morgan fingerprint density at radius 1 is 1.36 bits per heavy atom. The maximum atomic E-state index is 13.3. The van der Waals surface area contributed by atoms with Gasteiger partial charge in [-0.05, 0) is 12.1 Å². The van der Waals surface area contributed by atoms with Gasteiger partial charge in [0.15, 0.2) is 0 Å². The quantitative estimate of drug-likeness (QED) is 0.831. The molecule has 0 amide bonds. The average Bonchev–Trinajstić information content (AvgIpc) is 2.50. The first kappa shape index (κ1) is 9.98. The number of alkyl halides is 2. The van der Waals surface area contributed by atoms with Crippen molar-refractivity contribution in [2.24, 2.45) is 5.73 Å². The summed E-state index contributed by atoms with van der Waals surface area (Å²) >= 11 is 3.02. The number of benzene rings is 1. The van der Waals surface area contributed by atoms with Gasteiger partial charge in [0.05, 0.1) is 0 Å². The highest BCUT2D eigenvalue weighted by Crippen LogP contribution is 2.59. The smallest absolute Gasteiger partial charge is 0.272 e. The summed E-state index contributed by atoms with van der Waals surface area (Å²) in [6.45, 7) is 0. The van der Waals surface area contributed by atoms with Gasteiger partial charge in [-0.15, -0.1) is 0 Å². The van der Waals surface area contributed by atoms with Crippen LogP contribution in [0.5, 0.6) is 0 Å². The molecule has 14 heavy (non-hydrogen) atoms. The molecular formula is C9H7BrF3N. The molecule has 1 nitrogen and oxygen atoms in total. The molecule has 5 heteroatoms. The van der Waals surface area contributed by atoms with E-state index in [1.54, 1.807) is 0 Å². The normalized spacial score (nSPS) is 28.9. The van der Waals surface area contributed by atoms with Crippen LogP contribution in [0.1, 0.15) is 12.0 Å². The Morgan fingerprint density at radius 3 is 2.36 bits per heavy atom. The monoisotopic (exact) mass is 265 g/mol. The minimum Gasteiger partial charge on any atom is -0.316 e. The molecule has 0 bridgehead atoms. The molecule has 0 saturated heterocycles. The molecule has 1 fully saturated rings. The molecule has 1 aromatic rings. The first-order valence-electron chi connectivity index (χ1n) is 4.00. The summed E-state index contributed by atoms with van der Waals surface area (Å²) in [6, 6.07) is 4.07. The van der Waals surface area contributed by atoms with Gasteiger partial charge in [0, 0.05) is 16.5 Å². The first-order valence-corrected chi connectivity index (χ1v) is 4.79. The van der Waals surface area contributed by atoms with Crippen LogP contribution in [-0.2, 0) is 5.54 Å². The van der Waals surface area contributed by atoms with E-state index in [0.29, 0.717) is 0 Å². The van der Waals surface area contributed by atoms with E-state index < -0.39 is 23.7 Å². The third kappa shape index (κ3) is 1.19. The number of halogens is 4. The summed E-state index contributed by atoms with van der Waals surface area (Å²) in [5, 5.41) is 0. The minimum atomic E-state index is -3.00. The second-order valence-electron chi connectivity index (χ2n) is 3.45. The van der Waals surface area contributed by atoms with Gasteiger partial charge in [0.2, 0.25) is 0 Å². The number of hydrogen-bond acceptors (Lipinski definition) is 1. The van der Waals surface area contributed by atoms with E-state index in [-0.39, 0.29) is 10.0 Å². The zero-order valence-corrected chi connectivity index (χ0v) is 8.61. The lowest BCUT2D eigenvalue weighted by Crippen LogP contribution is -2.28. The SMILES string of the molecule is NC1(c2c(F)cccc2Br)CC1(F)F. The Morgan fingerprint density at radius 2 is 1.93 bits per heavy atom. The zero-order chi connectivity index (χ0) is 10.6. The van der Waals surface area contributed by atoms with E-state index in [2.05, 4.69) is 15.9 Å². The second-order valence-corrected chi connectivity index (χ2v) is 4.30. The molecule has 1 unspecified atom stereocenters. The highest BCUT2D eigenvalue weighted by molar-refractivity contribution is 9.10. The summed E-state index contributed by atoms with van der Waals surface area (Å²) in [5.41, 5.74) is 3.46. The maximum absolute atomic E-state index is 13.3. The third-order valence-electron chi connectivity index (χ3n) is 2.44. The highest BCUT2D eigenvalue weighted by Gasteiger charge is 2.71. The fourth-order valence-corrected chi connectivity index (χ4v) is 2.20. The standard InChI is InChI=1S/C9H7BrF3N/c10-5-2-1-3-6(11)7(5)8(14)4-9(8,12)13/h1-3H,4,14H2. The predicted molar refractivity (Wildman–Crippen MR) is 49.5 cm³/mol. The maximum Gasteiger partial charge on any atom is 0.272 e. The van der Waals surface area contributed by atoms with Crippen LogP contribution in [0.15, 0.2) is 22.7 Å². The van der Waals surface area contributed by atoms with Crippen LogP contribution in [-0.4, -0.2) is 5.92 Å². The molecule has 1 aliphatic rings. The lowest BCUT2D eigenvalue weighted by atomic mass is 10.0. The van der Waals surface area contributed by atoms with E-state index in [1.165, 1.54) is 12.1 Å². The molecule has 1 saturated carbocycles. The molecule has 1 aromatic carbocycles. The van der Waals surface area contributed by atoms with Crippen molar-refractivity contribution in [3.8, 4) is 0 Å². The molecule has 0 radical (unpaired) electrons. The topological polar surface area (TPSA) is 26.0 Å². The van der Waals surface area contributed by atoms with Gasteiger partial charge >= 0.3 is 0 Å². The van der Waals surface area contributed by atoms with Gasteiger partial charge < -0.3 is 5.73 Å². The lowest BCUT2D eigenvalue weighted by Gasteiger charge is -2.13. The summed E-state index contributed by atoms with van der Waals surface area (Å²) in [7, 11) is 0. The van der Waals surface area contributed by atoms with Crippen molar-refractivity contribution in [1.29, 1.82) is 0 Å². The van der Waals surface area contributed by atoms with Crippen molar-refractivity contribution < 1.29 is 13.2 Å². The van der Waals surface area contributed by atoms with Gasteiger partial charge in [-0.25, -0.2) is 13.2 Å². The average molecular weight is 266 g/mol. The van der Waals surface area contributed by atoms with Gasteiger partial charge in [0.1, 0.15) is 11.4 Å². The van der Waals surface area contributed by atoms with Gasteiger partial charge in [-0.2, -0.15) is 0 Å². The van der Waals surface area contributed by atoms with E-state index in [4.69, 9.17) is 5.73 Å². The Labute approximate surface area is 87.2 Å². The number of nitrogens with two attached hydrogens (primary N) is 1. The van der Waals surface area contributed by atoms with Crippen molar-refractivity contribution in [1.82, 2.24) is 0 Å². The van der Waals surface area contributed by atoms with Gasteiger partial charge in [-0.3, -0.25) is 0 Å². The second kappa shape index (κ2) is 2.73. The molecule has 1 aliphatic carbocycles. The molecule has 0 aliphatic heterocycles. The highest BCUT2D eigenvalue weighted by atomic mass is 79.9. The van der Waals surface area contributed by atoms with Gasteiger partial charge in [-0.1, -0.05) is 22.0 Å². The number of rotatable bonds is 1. The summed E-state index contributed by atoms with van der Waals surface area (Å²) < 4.78 is 39.4. The number of hydrogen-bond donors (Lipinski definition) is 1. The molecule has 2 N–H and O–H groups in total.